The molecule has 43 heavy (non-hydrogen) atoms. The van der Waals surface area contributed by atoms with Crippen LogP contribution in [0.15, 0.2) is 60.2 Å². The molecule has 1 fully saturated rings. The smallest absolute Gasteiger partial charge is 0.247 e. The van der Waals surface area contributed by atoms with Crippen molar-refractivity contribution in [3.05, 3.63) is 71.3 Å². The average molecular weight is 587 g/mol. The maximum atomic E-state index is 13.9. The summed E-state index contributed by atoms with van der Waals surface area (Å²) in [4.78, 5) is 44.9. The fraction of sp³-hybridized carbons (Fsp3) is 0.528. The third-order valence-electron chi connectivity index (χ3n) is 9.11. The number of nitrogens with zero attached hydrogens (tertiary/aromatic N) is 2. The van der Waals surface area contributed by atoms with Gasteiger partial charge in [-0.15, -0.1) is 0 Å². The van der Waals surface area contributed by atoms with Gasteiger partial charge < -0.3 is 15.5 Å². The van der Waals surface area contributed by atoms with Crippen LogP contribution in [0, 0.1) is 11.8 Å². The number of hydrogen-bond donors (Lipinski definition) is 2. The van der Waals surface area contributed by atoms with E-state index in [0.29, 0.717) is 5.57 Å². The van der Waals surface area contributed by atoms with Crippen LogP contribution in [-0.4, -0.2) is 65.3 Å². The zero-order valence-electron chi connectivity index (χ0n) is 27.2. The molecule has 1 saturated heterocycles. The standard InChI is InChI=1S/C36H50N4O3/c1-22(2)31(39(8)36(43)32(23(3)4)37-35(42)30-19-13-14-20-40(30)24(5)6)21-25(7)34(41)38-33-28-17-11-9-15-26(28)27-16-10-12-18-29(27)33/h9-12,15-18,21-24,30-33H,13-14,19-20H2,1-8H3,(H,37,42)(H,38,41)/b25-21+/t30?,31-,32+/m1/s1. The van der Waals surface area contributed by atoms with Gasteiger partial charge in [-0.05, 0) is 74.2 Å². The van der Waals surface area contributed by atoms with E-state index in [1.165, 1.54) is 0 Å². The molecule has 7 nitrogen and oxygen atoms in total. The van der Waals surface area contributed by atoms with E-state index in [9.17, 15) is 14.4 Å². The van der Waals surface area contributed by atoms with Crippen molar-refractivity contribution in [3.8, 4) is 11.1 Å². The first-order valence-corrected chi connectivity index (χ1v) is 15.9. The van der Waals surface area contributed by atoms with Gasteiger partial charge in [0.2, 0.25) is 17.7 Å². The Balaban J connectivity index is 1.50. The Morgan fingerprint density at radius 3 is 2.00 bits per heavy atom. The second kappa shape index (κ2) is 13.9. The third-order valence-corrected chi connectivity index (χ3v) is 9.11. The molecular weight excluding hydrogens is 536 g/mol. The van der Waals surface area contributed by atoms with E-state index >= 15 is 0 Å². The van der Waals surface area contributed by atoms with Gasteiger partial charge in [-0.1, -0.05) is 88.7 Å². The van der Waals surface area contributed by atoms with Crippen molar-refractivity contribution in [3.63, 3.8) is 0 Å². The molecule has 0 bridgehead atoms. The SMILES string of the molecule is C/C(=C\[C@H](C(C)C)N(C)C(=O)[C@@H](NC(=O)C1CCCCN1C(C)C)C(C)C)C(=O)NC1c2ccccc2-c2ccccc21. The Morgan fingerprint density at radius 1 is 0.884 bits per heavy atom. The quantitative estimate of drug-likeness (QED) is 0.350. The lowest BCUT2D eigenvalue weighted by molar-refractivity contribution is -0.140. The maximum Gasteiger partial charge on any atom is 0.247 e. The second-order valence-corrected chi connectivity index (χ2v) is 13.2. The van der Waals surface area contributed by atoms with Gasteiger partial charge in [-0.2, -0.15) is 0 Å². The highest BCUT2D eigenvalue weighted by Gasteiger charge is 2.36. The van der Waals surface area contributed by atoms with E-state index in [0.717, 1.165) is 48.1 Å². The minimum absolute atomic E-state index is 0.0583. The number of likely N-dealkylation sites (N-methyl/N-ethyl adjacent to an activating group) is 1. The molecule has 2 N–H and O–H groups in total. The zero-order valence-corrected chi connectivity index (χ0v) is 27.2. The van der Waals surface area contributed by atoms with Crippen LogP contribution < -0.4 is 10.6 Å². The summed E-state index contributed by atoms with van der Waals surface area (Å²) in [6.07, 6.45) is 4.80. The molecule has 1 unspecified atom stereocenters. The van der Waals surface area contributed by atoms with Crippen molar-refractivity contribution in [1.29, 1.82) is 0 Å². The lowest BCUT2D eigenvalue weighted by atomic mass is 9.95. The summed E-state index contributed by atoms with van der Waals surface area (Å²) in [5.74, 6) is -0.403. The Hall–Kier alpha value is -3.45. The van der Waals surface area contributed by atoms with E-state index in [-0.39, 0.29) is 53.7 Å². The fourth-order valence-corrected chi connectivity index (χ4v) is 6.62. The normalized spacial score (nSPS) is 18.8. The van der Waals surface area contributed by atoms with E-state index in [2.05, 4.69) is 53.6 Å². The number of carbonyl (C=O) groups excluding carboxylic acids is 3. The van der Waals surface area contributed by atoms with Gasteiger partial charge in [0.05, 0.1) is 18.1 Å². The maximum absolute atomic E-state index is 13.9. The second-order valence-electron chi connectivity index (χ2n) is 13.2. The number of rotatable bonds is 10. The van der Waals surface area contributed by atoms with Crippen LogP contribution in [0.25, 0.3) is 11.1 Å². The lowest BCUT2D eigenvalue weighted by Crippen LogP contribution is -2.58. The summed E-state index contributed by atoms with van der Waals surface area (Å²) in [6.45, 7) is 15.0. The van der Waals surface area contributed by atoms with E-state index < -0.39 is 6.04 Å². The van der Waals surface area contributed by atoms with Crippen LogP contribution in [0.3, 0.4) is 0 Å². The van der Waals surface area contributed by atoms with Crippen molar-refractivity contribution < 1.29 is 14.4 Å². The van der Waals surface area contributed by atoms with Gasteiger partial charge in [0.1, 0.15) is 6.04 Å². The minimum atomic E-state index is -0.649. The number of fused-ring (bicyclic) bond motifs is 3. The fourth-order valence-electron chi connectivity index (χ4n) is 6.62. The first kappa shape index (κ1) is 32.5. The summed E-state index contributed by atoms with van der Waals surface area (Å²) < 4.78 is 0. The number of hydrogen-bond acceptors (Lipinski definition) is 4. The van der Waals surface area contributed by atoms with Crippen molar-refractivity contribution in [2.75, 3.05) is 13.6 Å². The Kier molecular flexibility index (Phi) is 10.5. The number of nitrogens with one attached hydrogen (secondary N) is 2. The number of likely N-dealkylation sites (tertiary alicyclic amines) is 1. The summed E-state index contributed by atoms with van der Waals surface area (Å²) in [5.41, 5.74) is 5.01. The molecule has 0 saturated carbocycles. The molecule has 0 spiro atoms. The summed E-state index contributed by atoms with van der Waals surface area (Å²) in [5, 5.41) is 6.36. The molecule has 3 atom stereocenters. The van der Waals surface area contributed by atoms with Crippen LogP contribution in [0.5, 0.6) is 0 Å². The van der Waals surface area contributed by atoms with E-state index in [1.807, 2.05) is 58.0 Å². The average Bonchev–Trinajstić information content (AvgIpc) is 3.30. The number of piperidine rings is 1. The molecule has 2 aliphatic rings. The van der Waals surface area contributed by atoms with E-state index in [1.54, 1.807) is 18.9 Å². The number of benzene rings is 2. The highest BCUT2D eigenvalue weighted by molar-refractivity contribution is 5.95. The highest BCUT2D eigenvalue weighted by Crippen LogP contribution is 2.43. The molecule has 7 heteroatoms. The minimum Gasteiger partial charge on any atom is -0.343 e. The number of amides is 3. The molecular formula is C36H50N4O3. The van der Waals surface area contributed by atoms with Crippen LogP contribution >= 0.6 is 0 Å². The van der Waals surface area contributed by atoms with Gasteiger partial charge >= 0.3 is 0 Å². The topological polar surface area (TPSA) is 81.8 Å². The van der Waals surface area contributed by atoms with Crippen LogP contribution in [0.4, 0.5) is 0 Å². The monoisotopic (exact) mass is 586 g/mol. The largest absolute Gasteiger partial charge is 0.343 e. The van der Waals surface area contributed by atoms with Gasteiger partial charge in [0.15, 0.2) is 0 Å². The molecule has 1 aliphatic heterocycles. The van der Waals surface area contributed by atoms with Crippen molar-refractivity contribution in [2.24, 2.45) is 11.8 Å². The third kappa shape index (κ3) is 7.04. The molecule has 232 valence electrons. The Labute approximate surface area is 258 Å². The zero-order chi connectivity index (χ0) is 31.4. The van der Waals surface area contributed by atoms with Crippen LogP contribution in [0.1, 0.15) is 84.9 Å². The highest BCUT2D eigenvalue weighted by atomic mass is 16.2. The summed E-state index contributed by atoms with van der Waals surface area (Å²) >= 11 is 0. The Bertz CT molecular complexity index is 1300. The van der Waals surface area contributed by atoms with Gasteiger partial charge in [-0.3, -0.25) is 19.3 Å². The van der Waals surface area contributed by atoms with Gasteiger partial charge in [-0.25, -0.2) is 0 Å². The van der Waals surface area contributed by atoms with Crippen molar-refractivity contribution in [2.45, 2.75) is 97.9 Å². The molecule has 1 aliphatic carbocycles. The molecule has 0 radical (unpaired) electrons. The predicted molar refractivity (Wildman–Crippen MR) is 173 cm³/mol. The summed E-state index contributed by atoms with van der Waals surface area (Å²) in [6, 6.07) is 15.2. The Morgan fingerprint density at radius 2 is 1.47 bits per heavy atom. The number of carbonyl (C=O) groups is 3. The lowest BCUT2D eigenvalue weighted by Gasteiger charge is -2.39. The molecule has 4 rings (SSSR count). The molecule has 2 aromatic carbocycles. The summed E-state index contributed by atoms with van der Waals surface area (Å²) in [7, 11) is 1.78. The van der Waals surface area contributed by atoms with Crippen LogP contribution in [0.2, 0.25) is 0 Å². The van der Waals surface area contributed by atoms with Crippen molar-refractivity contribution >= 4 is 17.7 Å². The first-order valence-electron chi connectivity index (χ1n) is 15.9. The van der Waals surface area contributed by atoms with Gasteiger partial charge in [0, 0.05) is 18.7 Å². The molecule has 2 aromatic rings. The van der Waals surface area contributed by atoms with Crippen molar-refractivity contribution in [1.82, 2.24) is 20.4 Å². The van der Waals surface area contributed by atoms with E-state index in [4.69, 9.17) is 0 Å². The first-order chi connectivity index (χ1) is 20.4. The molecule has 3 amide bonds. The van der Waals surface area contributed by atoms with Gasteiger partial charge in [0.25, 0.3) is 0 Å². The molecule has 1 heterocycles. The predicted octanol–water partition coefficient (Wildman–Crippen LogP) is 5.71. The molecule has 0 aromatic heterocycles. The van der Waals surface area contributed by atoms with Crippen LogP contribution in [-0.2, 0) is 14.4 Å².